The Labute approximate surface area is 172 Å². The Morgan fingerprint density at radius 1 is 0.900 bits per heavy atom. The van der Waals surface area contributed by atoms with Gasteiger partial charge in [0.25, 0.3) is 0 Å². The molecule has 0 aliphatic rings. The normalized spacial score (nSPS) is 13.6. The van der Waals surface area contributed by atoms with E-state index < -0.39 is 73.5 Å². The van der Waals surface area contributed by atoms with Gasteiger partial charge in [-0.2, -0.15) is 13.2 Å². The van der Waals surface area contributed by atoms with Crippen molar-refractivity contribution in [3.63, 3.8) is 0 Å². The van der Waals surface area contributed by atoms with Gasteiger partial charge in [-0.3, -0.25) is 4.79 Å². The van der Waals surface area contributed by atoms with E-state index in [0.29, 0.717) is 6.07 Å². The molecular weight excluding hydrogens is 469 g/mol. The van der Waals surface area contributed by atoms with Crippen molar-refractivity contribution in [1.82, 2.24) is 0 Å². The minimum Gasteiger partial charge on any atom is -0.478 e. The van der Waals surface area contributed by atoms with Crippen molar-refractivity contribution < 1.29 is 50.9 Å². The third kappa shape index (κ3) is 3.37. The number of carbonyl (C=O) groups excluding carboxylic acids is 1. The van der Waals surface area contributed by atoms with Gasteiger partial charge in [-0.15, -0.1) is 0 Å². The van der Waals surface area contributed by atoms with Gasteiger partial charge < -0.3 is 10.2 Å². The predicted molar refractivity (Wildman–Crippen MR) is 89.4 cm³/mol. The minimum atomic E-state index is -5.91. The van der Waals surface area contributed by atoms with E-state index in [4.69, 9.17) is 33.4 Å². The Bertz CT molecular complexity index is 1090. The smallest absolute Gasteiger partial charge is 0.410 e. The Kier molecular flexibility index (Phi) is 6.11. The molecule has 0 aliphatic heterocycles. The van der Waals surface area contributed by atoms with Crippen LogP contribution in [0.25, 0.3) is 0 Å². The highest BCUT2D eigenvalue weighted by Crippen LogP contribution is 2.52. The fourth-order valence-corrected chi connectivity index (χ4v) is 3.43. The zero-order valence-electron chi connectivity index (χ0n) is 14.0. The topological polar surface area (TPSA) is 91.7 Å². The van der Waals surface area contributed by atoms with E-state index in [1.54, 1.807) is 0 Å². The second-order valence-electron chi connectivity index (χ2n) is 5.72. The number of carboxylic acids is 2. The largest absolute Gasteiger partial charge is 0.478 e. The van der Waals surface area contributed by atoms with Crippen molar-refractivity contribution in [3.05, 3.63) is 69.0 Å². The van der Waals surface area contributed by atoms with E-state index in [2.05, 4.69) is 0 Å². The number of carboxylic acid groups (broad SMARTS) is 2. The molecule has 2 aromatic rings. The van der Waals surface area contributed by atoms with Gasteiger partial charge in [-0.1, -0.05) is 23.7 Å². The third-order valence-corrected chi connectivity index (χ3v) is 4.75. The average Bonchev–Trinajstić information content (AvgIpc) is 2.61. The summed E-state index contributed by atoms with van der Waals surface area (Å²) >= 11 is 10.6. The predicted octanol–water partition coefficient (Wildman–Crippen LogP) is 4.77. The van der Waals surface area contributed by atoms with Gasteiger partial charge >= 0.3 is 18.1 Å². The average molecular weight is 475 g/mol. The number of aromatic carboxylic acids is 2. The molecule has 0 bridgehead atoms. The summed E-state index contributed by atoms with van der Waals surface area (Å²) in [4.78, 5) is 34.3. The summed E-state index contributed by atoms with van der Waals surface area (Å²) in [6.07, 6.45) is -5.91. The minimum absolute atomic E-state index is 0.285. The molecule has 1 atom stereocenters. The van der Waals surface area contributed by atoms with E-state index in [0.717, 1.165) is 12.1 Å². The third-order valence-electron chi connectivity index (χ3n) is 4.11. The second kappa shape index (κ2) is 7.80. The van der Waals surface area contributed by atoms with Crippen molar-refractivity contribution in [1.29, 1.82) is 0 Å². The van der Waals surface area contributed by atoms with Gasteiger partial charge in [-0.05, 0) is 29.3 Å². The lowest BCUT2D eigenvalue weighted by molar-refractivity contribution is -0.180. The highest BCUT2D eigenvalue weighted by Gasteiger charge is 2.65. The van der Waals surface area contributed by atoms with Crippen LogP contribution in [0.5, 0.6) is 0 Å². The lowest BCUT2D eigenvalue weighted by Gasteiger charge is -2.34. The number of hydrogen-bond acceptors (Lipinski definition) is 3. The maximum absolute atomic E-state index is 14.9. The SMILES string of the molecule is O=C(O)c1cccc(C(C(=O)Cl)(c2c(F)c(C(=O)O)c(F)c(F)c2Cl)C(F)(F)F)c1. The Morgan fingerprint density at radius 2 is 1.47 bits per heavy atom. The van der Waals surface area contributed by atoms with Crippen LogP contribution in [-0.4, -0.2) is 33.6 Å². The van der Waals surface area contributed by atoms with E-state index >= 15 is 0 Å². The van der Waals surface area contributed by atoms with Gasteiger partial charge in [0, 0.05) is 5.56 Å². The van der Waals surface area contributed by atoms with Crippen LogP contribution in [0.1, 0.15) is 31.8 Å². The van der Waals surface area contributed by atoms with Crippen LogP contribution in [-0.2, 0) is 10.2 Å². The summed E-state index contributed by atoms with van der Waals surface area (Å²) in [6.45, 7) is 0. The Balaban J connectivity index is 3.20. The Morgan fingerprint density at radius 3 is 1.90 bits per heavy atom. The van der Waals surface area contributed by atoms with Gasteiger partial charge in [0.05, 0.1) is 10.6 Å². The monoisotopic (exact) mass is 474 g/mol. The second-order valence-corrected chi connectivity index (χ2v) is 6.44. The van der Waals surface area contributed by atoms with Crippen LogP contribution in [0, 0.1) is 17.5 Å². The van der Waals surface area contributed by atoms with Crippen molar-refractivity contribution in [2.45, 2.75) is 11.6 Å². The molecule has 30 heavy (non-hydrogen) atoms. The fourth-order valence-electron chi connectivity index (χ4n) is 2.81. The molecule has 0 aliphatic carbocycles. The number of rotatable bonds is 5. The van der Waals surface area contributed by atoms with Crippen LogP contribution in [0.2, 0.25) is 5.02 Å². The Hall–Kier alpha value is -2.79. The van der Waals surface area contributed by atoms with Crippen molar-refractivity contribution in [2.24, 2.45) is 0 Å². The first kappa shape index (κ1) is 23.5. The summed E-state index contributed by atoms with van der Waals surface area (Å²) in [6, 6.07) is 2.35. The summed E-state index contributed by atoms with van der Waals surface area (Å²) in [5.41, 5.74) is -10.8. The van der Waals surface area contributed by atoms with Gasteiger partial charge in [0.2, 0.25) is 5.24 Å². The lowest BCUT2D eigenvalue weighted by atomic mass is 9.73. The molecule has 0 saturated heterocycles. The number of carbonyl (C=O) groups is 3. The lowest BCUT2D eigenvalue weighted by Crippen LogP contribution is -2.49. The maximum Gasteiger partial charge on any atom is 0.410 e. The highest BCUT2D eigenvalue weighted by atomic mass is 35.5. The molecule has 0 heterocycles. The first-order chi connectivity index (χ1) is 13.7. The van der Waals surface area contributed by atoms with E-state index in [1.807, 2.05) is 0 Å². The molecule has 0 spiro atoms. The first-order valence-electron chi connectivity index (χ1n) is 7.39. The van der Waals surface area contributed by atoms with Crippen molar-refractivity contribution >= 4 is 40.4 Å². The molecule has 0 saturated carbocycles. The first-order valence-corrected chi connectivity index (χ1v) is 8.15. The standard InChI is InChI=1S/C17H6Cl2F6O5/c18-9-8(10(20)7(14(28)29)11(21)12(9)22)16(15(19)30,17(23,24)25)6-3-1-2-5(4-6)13(26)27/h1-4H,(H,26,27)(H,28,29). The van der Waals surface area contributed by atoms with E-state index in [-0.39, 0.29) is 6.07 Å². The van der Waals surface area contributed by atoms with Crippen LogP contribution >= 0.6 is 23.2 Å². The summed E-state index contributed by atoms with van der Waals surface area (Å²) < 4.78 is 85.5. The molecule has 0 amide bonds. The van der Waals surface area contributed by atoms with Crippen LogP contribution in [0.3, 0.4) is 0 Å². The zero-order chi connectivity index (χ0) is 23.2. The van der Waals surface area contributed by atoms with Crippen molar-refractivity contribution in [2.75, 3.05) is 0 Å². The molecule has 0 radical (unpaired) electrons. The number of halogens is 8. The number of alkyl halides is 3. The number of hydrogen-bond donors (Lipinski definition) is 2. The number of benzene rings is 2. The molecule has 160 valence electrons. The fraction of sp³-hybridized carbons (Fsp3) is 0.118. The molecule has 0 fully saturated rings. The molecule has 0 aromatic heterocycles. The van der Waals surface area contributed by atoms with Gasteiger partial charge in [-0.25, -0.2) is 22.8 Å². The molecule has 2 N–H and O–H groups in total. The summed E-state index contributed by atoms with van der Waals surface area (Å²) in [7, 11) is 0. The molecule has 1 unspecified atom stereocenters. The molecule has 2 aromatic carbocycles. The van der Waals surface area contributed by atoms with Crippen LogP contribution in [0.4, 0.5) is 26.3 Å². The van der Waals surface area contributed by atoms with E-state index in [9.17, 15) is 40.7 Å². The summed E-state index contributed by atoms with van der Waals surface area (Å²) in [5.74, 6) is -11.6. The molecular formula is C17H6Cl2F6O5. The van der Waals surface area contributed by atoms with Crippen LogP contribution in [0.15, 0.2) is 24.3 Å². The zero-order valence-corrected chi connectivity index (χ0v) is 15.5. The van der Waals surface area contributed by atoms with Crippen LogP contribution < -0.4 is 0 Å². The molecule has 5 nitrogen and oxygen atoms in total. The van der Waals surface area contributed by atoms with Crippen molar-refractivity contribution in [3.8, 4) is 0 Å². The molecule has 13 heteroatoms. The van der Waals surface area contributed by atoms with E-state index in [1.165, 1.54) is 0 Å². The quantitative estimate of drug-likeness (QED) is 0.282. The van der Waals surface area contributed by atoms with Gasteiger partial charge in [0.1, 0.15) is 11.4 Å². The molecule has 2 rings (SSSR count). The van der Waals surface area contributed by atoms with Gasteiger partial charge in [0.15, 0.2) is 17.0 Å². The highest BCUT2D eigenvalue weighted by molar-refractivity contribution is 6.66. The maximum atomic E-state index is 14.9. The summed E-state index contributed by atoms with van der Waals surface area (Å²) in [5, 5.41) is 13.6.